The van der Waals surface area contributed by atoms with Gasteiger partial charge in [-0.3, -0.25) is 9.69 Å². The van der Waals surface area contributed by atoms with E-state index in [1.165, 1.54) is 18.4 Å². The molecule has 9 heteroatoms. The van der Waals surface area contributed by atoms with Crippen molar-refractivity contribution in [3.63, 3.8) is 0 Å². The van der Waals surface area contributed by atoms with Crippen LogP contribution >= 0.6 is 0 Å². The Morgan fingerprint density at radius 2 is 1.97 bits per heavy atom. The molecule has 2 aromatic heterocycles. The molecule has 9 nitrogen and oxygen atoms in total. The molecule has 1 unspecified atom stereocenters. The zero-order valence-corrected chi connectivity index (χ0v) is 19.1. The second-order valence-electron chi connectivity index (χ2n) is 8.87. The molecule has 0 spiro atoms. The SMILES string of the molecule is COc1cccc(C(CNC(=O)C2CCN(c3ccc4nncn4n3)CC2)N2CCCC2)c1. The molecule has 1 N–H and O–H groups in total. The lowest BCUT2D eigenvalue weighted by Crippen LogP contribution is -2.43. The Kier molecular flexibility index (Phi) is 6.39. The van der Waals surface area contributed by atoms with Gasteiger partial charge in [0, 0.05) is 25.6 Å². The second-order valence-corrected chi connectivity index (χ2v) is 8.87. The standard InChI is InChI=1S/C24H31N7O2/c1-33-20-6-4-5-19(15-20)21(29-11-2-3-12-29)16-25-24(32)18-9-13-30(14-10-18)23-8-7-22-27-26-17-31(22)28-23/h4-8,15,17-18,21H,2-3,9-14,16H2,1H3,(H,25,32). The average Bonchev–Trinajstić information content (AvgIpc) is 3.56. The molecular formula is C24H31N7O2. The number of piperidine rings is 1. The van der Waals surface area contributed by atoms with Crippen LogP contribution in [0.2, 0.25) is 0 Å². The smallest absolute Gasteiger partial charge is 0.223 e. The number of carbonyl (C=O) groups excluding carboxylic acids is 1. The zero-order chi connectivity index (χ0) is 22.6. The van der Waals surface area contributed by atoms with Crippen molar-refractivity contribution >= 4 is 17.4 Å². The van der Waals surface area contributed by atoms with Crippen LogP contribution in [0.3, 0.4) is 0 Å². The van der Waals surface area contributed by atoms with Crippen molar-refractivity contribution < 1.29 is 9.53 Å². The summed E-state index contributed by atoms with van der Waals surface area (Å²) in [5, 5.41) is 15.7. The number of hydrogen-bond acceptors (Lipinski definition) is 7. The molecule has 1 amide bonds. The first-order valence-corrected chi connectivity index (χ1v) is 11.8. The lowest BCUT2D eigenvalue weighted by molar-refractivity contribution is -0.125. The molecule has 174 valence electrons. The molecule has 0 saturated carbocycles. The van der Waals surface area contributed by atoms with E-state index in [0.717, 1.165) is 56.2 Å². The normalized spacial score (nSPS) is 18.5. The Balaban J connectivity index is 1.19. The minimum atomic E-state index is 0.0319. The van der Waals surface area contributed by atoms with Gasteiger partial charge in [-0.15, -0.1) is 15.3 Å². The van der Waals surface area contributed by atoms with Gasteiger partial charge in [0.15, 0.2) is 5.65 Å². The molecule has 33 heavy (non-hydrogen) atoms. The molecule has 0 bridgehead atoms. The number of aromatic nitrogens is 4. The quantitative estimate of drug-likeness (QED) is 0.592. The van der Waals surface area contributed by atoms with E-state index in [9.17, 15) is 4.79 Å². The van der Waals surface area contributed by atoms with Crippen molar-refractivity contribution in [2.24, 2.45) is 5.92 Å². The summed E-state index contributed by atoms with van der Waals surface area (Å²) in [6.45, 7) is 4.38. The van der Waals surface area contributed by atoms with Crippen LogP contribution in [0, 0.1) is 5.92 Å². The van der Waals surface area contributed by atoms with Gasteiger partial charge in [-0.25, -0.2) is 0 Å². The monoisotopic (exact) mass is 449 g/mol. The Morgan fingerprint density at radius 3 is 2.76 bits per heavy atom. The highest BCUT2D eigenvalue weighted by molar-refractivity contribution is 5.79. The fraction of sp³-hybridized carbons (Fsp3) is 0.500. The fourth-order valence-electron chi connectivity index (χ4n) is 4.96. The van der Waals surface area contributed by atoms with Crippen molar-refractivity contribution in [1.82, 2.24) is 30.0 Å². The maximum absolute atomic E-state index is 13.0. The van der Waals surface area contributed by atoms with Crippen molar-refractivity contribution in [2.45, 2.75) is 31.7 Å². The maximum Gasteiger partial charge on any atom is 0.223 e. The number of nitrogens with one attached hydrogen (secondary N) is 1. The van der Waals surface area contributed by atoms with Crippen LogP contribution in [0.4, 0.5) is 5.82 Å². The maximum atomic E-state index is 13.0. The molecular weight excluding hydrogens is 418 g/mol. The van der Waals surface area contributed by atoms with Crippen LogP contribution in [0.25, 0.3) is 5.65 Å². The summed E-state index contributed by atoms with van der Waals surface area (Å²) in [5.74, 6) is 1.94. The lowest BCUT2D eigenvalue weighted by Gasteiger charge is -2.33. The van der Waals surface area contributed by atoms with Crippen LogP contribution < -0.4 is 15.0 Å². The van der Waals surface area contributed by atoms with E-state index < -0.39 is 0 Å². The summed E-state index contributed by atoms with van der Waals surface area (Å²) >= 11 is 0. The first-order chi connectivity index (χ1) is 16.2. The number of carbonyl (C=O) groups is 1. The number of hydrogen-bond donors (Lipinski definition) is 1. The van der Waals surface area contributed by atoms with E-state index in [2.05, 4.69) is 42.5 Å². The van der Waals surface area contributed by atoms with Crippen molar-refractivity contribution in [2.75, 3.05) is 44.7 Å². The molecule has 2 fully saturated rings. The van der Waals surface area contributed by atoms with Gasteiger partial charge in [0.05, 0.1) is 13.2 Å². The molecule has 0 radical (unpaired) electrons. The number of ether oxygens (including phenoxy) is 1. The highest BCUT2D eigenvalue weighted by Gasteiger charge is 2.28. The first-order valence-electron chi connectivity index (χ1n) is 11.8. The fourth-order valence-corrected chi connectivity index (χ4v) is 4.96. The Bertz CT molecular complexity index is 1090. The number of rotatable bonds is 7. The van der Waals surface area contributed by atoms with Crippen LogP contribution in [0.1, 0.15) is 37.3 Å². The van der Waals surface area contributed by atoms with Crippen LogP contribution in [-0.2, 0) is 4.79 Å². The molecule has 2 aliphatic heterocycles. The minimum absolute atomic E-state index is 0.0319. The third-order valence-corrected chi connectivity index (χ3v) is 6.87. The van der Waals surface area contributed by atoms with Crippen LogP contribution in [0.5, 0.6) is 5.75 Å². The van der Waals surface area contributed by atoms with Crippen molar-refractivity contribution in [3.05, 3.63) is 48.3 Å². The largest absolute Gasteiger partial charge is 0.497 e. The molecule has 5 rings (SSSR count). The first kappa shape index (κ1) is 21.6. The van der Waals surface area contributed by atoms with Gasteiger partial charge in [-0.2, -0.15) is 4.52 Å². The van der Waals surface area contributed by atoms with E-state index in [0.29, 0.717) is 6.54 Å². The third kappa shape index (κ3) is 4.78. The van der Waals surface area contributed by atoms with Gasteiger partial charge in [0.25, 0.3) is 0 Å². The van der Waals surface area contributed by atoms with Gasteiger partial charge in [0.2, 0.25) is 5.91 Å². The molecule has 4 heterocycles. The van der Waals surface area contributed by atoms with Gasteiger partial charge in [0.1, 0.15) is 17.9 Å². The van der Waals surface area contributed by atoms with Gasteiger partial charge >= 0.3 is 0 Å². The summed E-state index contributed by atoms with van der Waals surface area (Å²) < 4.78 is 7.12. The van der Waals surface area contributed by atoms with E-state index in [-0.39, 0.29) is 17.9 Å². The van der Waals surface area contributed by atoms with Crippen LogP contribution in [-0.4, -0.2) is 70.5 Å². The van der Waals surface area contributed by atoms with E-state index in [4.69, 9.17) is 4.74 Å². The van der Waals surface area contributed by atoms with E-state index in [1.807, 2.05) is 24.3 Å². The zero-order valence-electron chi connectivity index (χ0n) is 19.1. The summed E-state index contributed by atoms with van der Waals surface area (Å²) in [6, 6.07) is 12.3. The molecule has 1 atom stereocenters. The summed E-state index contributed by atoms with van der Waals surface area (Å²) in [5.41, 5.74) is 1.93. The second kappa shape index (κ2) is 9.74. The Morgan fingerprint density at radius 1 is 1.15 bits per heavy atom. The number of likely N-dealkylation sites (tertiary alicyclic amines) is 1. The Labute approximate surface area is 193 Å². The molecule has 2 saturated heterocycles. The number of methoxy groups -OCH3 is 1. The highest BCUT2D eigenvalue weighted by Crippen LogP contribution is 2.28. The summed E-state index contributed by atoms with van der Waals surface area (Å²) in [6.07, 6.45) is 5.67. The Hall–Kier alpha value is -3.20. The van der Waals surface area contributed by atoms with Gasteiger partial charge in [-0.1, -0.05) is 12.1 Å². The summed E-state index contributed by atoms with van der Waals surface area (Å²) in [4.78, 5) is 17.8. The minimum Gasteiger partial charge on any atom is -0.497 e. The van der Waals surface area contributed by atoms with Crippen molar-refractivity contribution in [3.8, 4) is 5.75 Å². The predicted octanol–water partition coefficient (Wildman–Crippen LogP) is 2.30. The van der Waals surface area contributed by atoms with Crippen LogP contribution in [0.15, 0.2) is 42.7 Å². The number of nitrogens with zero attached hydrogens (tertiary/aromatic N) is 6. The number of amides is 1. The number of anilines is 1. The van der Waals surface area contributed by atoms with E-state index >= 15 is 0 Å². The molecule has 2 aliphatic rings. The highest BCUT2D eigenvalue weighted by atomic mass is 16.5. The summed E-state index contributed by atoms with van der Waals surface area (Å²) in [7, 11) is 1.69. The predicted molar refractivity (Wildman–Crippen MR) is 125 cm³/mol. The lowest BCUT2D eigenvalue weighted by atomic mass is 9.95. The molecule has 0 aliphatic carbocycles. The van der Waals surface area contributed by atoms with E-state index in [1.54, 1.807) is 18.0 Å². The average molecular weight is 450 g/mol. The number of fused-ring (bicyclic) bond motifs is 1. The van der Waals surface area contributed by atoms with Gasteiger partial charge < -0.3 is 15.0 Å². The number of benzene rings is 1. The van der Waals surface area contributed by atoms with Gasteiger partial charge in [-0.05, 0) is 68.6 Å². The third-order valence-electron chi connectivity index (χ3n) is 6.87. The van der Waals surface area contributed by atoms with Crippen molar-refractivity contribution in [1.29, 1.82) is 0 Å². The topological polar surface area (TPSA) is 87.9 Å². The molecule has 1 aromatic carbocycles. The molecule has 3 aromatic rings.